The molecule has 0 bridgehead atoms. The molecule has 3 N–H and O–H groups in total. The first-order chi connectivity index (χ1) is 17.1. The summed E-state index contributed by atoms with van der Waals surface area (Å²) in [5.41, 5.74) is 0.839. The summed E-state index contributed by atoms with van der Waals surface area (Å²) in [6.07, 6.45) is 6.01. The summed E-state index contributed by atoms with van der Waals surface area (Å²) in [6.45, 7) is 5.64. The highest BCUT2D eigenvalue weighted by Crippen LogP contribution is 2.12. The van der Waals surface area contributed by atoms with Gasteiger partial charge in [-0.15, -0.1) is 6.42 Å². The molecule has 0 fully saturated rings. The second kappa shape index (κ2) is 13.7. The molecular weight excluding hydrogens is 458 g/mol. The van der Waals surface area contributed by atoms with Gasteiger partial charge in [0, 0.05) is 23.2 Å². The Hall–Kier alpha value is -4.12. The predicted octanol–water partition coefficient (Wildman–Crippen LogP) is 3.46. The van der Waals surface area contributed by atoms with Crippen molar-refractivity contribution in [3.8, 4) is 12.3 Å². The molecule has 0 heterocycles. The van der Waals surface area contributed by atoms with E-state index in [0.29, 0.717) is 42.5 Å². The second-order valence-corrected chi connectivity index (χ2v) is 9.14. The van der Waals surface area contributed by atoms with Gasteiger partial charge in [0.05, 0.1) is 6.54 Å². The third-order valence-corrected chi connectivity index (χ3v) is 5.02. The maximum Gasteiger partial charge on any atom is 0.408 e. The van der Waals surface area contributed by atoms with Crippen molar-refractivity contribution in [3.05, 3.63) is 71.3 Å². The molecule has 0 radical (unpaired) electrons. The van der Waals surface area contributed by atoms with Crippen molar-refractivity contribution in [2.45, 2.75) is 51.7 Å². The number of ether oxygens (including phenoxy) is 1. The standard InChI is InChI=1S/C28H33N3O5/c1-5-18-29-26(34)23(31-27(35)36-28(2,3)4)13-9-10-19-30-25(33)22-16-14-21(15-17-22)24(32)20-11-7-6-8-12-20/h1,6-8,11-12,14-17,23H,9-10,13,18-19H2,2-4H3,(H,29,34)(H,30,33)(H,31,35). The van der Waals surface area contributed by atoms with Crippen LogP contribution in [0.15, 0.2) is 54.6 Å². The van der Waals surface area contributed by atoms with Gasteiger partial charge in [0.25, 0.3) is 5.91 Å². The Morgan fingerprint density at radius 1 is 0.889 bits per heavy atom. The number of terminal acetylenes is 1. The molecule has 1 unspecified atom stereocenters. The number of ketones is 1. The highest BCUT2D eigenvalue weighted by Gasteiger charge is 2.23. The van der Waals surface area contributed by atoms with E-state index in [1.807, 2.05) is 6.07 Å². The number of carbonyl (C=O) groups is 4. The van der Waals surface area contributed by atoms with Crippen molar-refractivity contribution >= 4 is 23.7 Å². The summed E-state index contributed by atoms with van der Waals surface area (Å²) in [6, 6.07) is 14.6. The van der Waals surface area contributed by atoms with Gasteiger partial charge in [0.2, 0.25) is 5.91 Å². The van der Waals surface area contributed by atoms with Gasteiger partial charge in [0.15, 0.2) is 5.78 Å². The first-order valence-corrected chi connectivity index (χ1v) is 11.8. The van der Waals surface area contributed by atoms with Gasteiger partial charge in [0.1, 0.15) is 11.6 Å². The Bertz CT molecular complexity index is 1080. The van der Waals surface area contributed by atoms with Crippen molar-refractivity contribution in [2.24, 2.45) is 0 Å². The molecule has 0 saturated carbocycles. The first kappa shape index (κ1) is 28.1. The Morgan fingerprint density at radius 2 is 1.50 bits per heavy atom. The van der Waals surface area contributed by atoms with E-state index in [2.05, 4.69) is 21.9 Å². The van der Waals surface area contributed by atoms with Gasteiger partial charge in [-0.1, -0.05) is 48.4 Å². The van der Waals surface area contributed by atoms with Crippen LogP contribution in [0.25, 0.3) is 0 Å². The highest BCUT2D eigenvalue weighted by molar-refractivity contribution is 6.09. The van der Waals surface area contributed by atoms with Gasteiger partial charge < -0.3 is 20.7 Å². The summed E-state index contributed by atoms with van der Waals surface area (Å²) in [4.78, 5) is 49.4. The first-order valence-electron chi connectivity index (χ1n) is 11.8. The normalized spacial score (nSPS) is 11.5. The number of unbranched alkanes of at least 4 members (excludes halogenated alkanes) is 1. The van der Waals surface area contributed by atoms with E-state index in [0.717, 1.165) is 0 Å². The number of hydrogen-bond donors (Lipinski definition) is 3. The monoisotopic (exact) mass is 491 g/mol. The predicted molar refractivity (Wildman–Crippen MR) is 138 cm³/mol. The second-order valence-electron chi connectivity index (χ2n) is 9.14. The lowest BCUT2D eigenvalue weighted by atomic mass is 10.0. The van der Waals surface area contributed by atoms with Gasteiger partial charge in [-0.2, -0.15) is 0 Å². The van der Waals surface area contributed by atoms with Crippen molar-refractivity contribution in [1.29, 1.82) is 0 Å². The molecule has 2 rings (SSSR count). The smallest absolute Gasteiger partial charge is 0.408 e. The molecule has 1 atom stereocenters. The van der Waals surface area contributed by atoms with Crippen LogP contribution in [0, 0.1) is 12.3 Å². The molecule has 8 heteroatoms. The highest BCUT2D eigenvalue weighted by atomic mass is 16.6. The Kier molecular flexibility index (Phi) is 10.7. The summed E-state index contributed by atoms with van der Waals surface area (Å²) >= 11 is 0. The zero-order chi connectivity index (χ0) is 26.6. The lowest BCUT2D eigenvalue weighted by Crippen LogP contribution is -2.48. The lowest BCUT2D eigenvalue weighted by molar-refractivity contribution is -0.123. The molecule has 0 spiro atoms. The van der Waals surface area contributed by atoms with E-state index >= 15 is 0 Å². The summed E-state index contributed by atoms with van der Waals surface area (Å²) in [7, 11) is 0. The molecule has 3 amide bonds. The van der Waals surface area contributed by atoms with Gasteiger partial charge in [-0.05, 0) is 52.2 Å². The minimum absolute atomic E-state index is 0.0527. The molecule has 0 aliphatic heterocycles. The van der Waals surface area contributed by atoms with Crippen LogP contribution in [0.1, 0.15) is 66.3 Å². The Labute approximate surface area is 212 Å². The number of amides is 3. The summed E-state index contributed by atoms with van der Waals surface area (Å²) < 4.78 is 5.23. The number of carbonyl (C=O) groups excluding carboxylic acids is 4. The third kappa shape index (κ3) is 9.63. The average Bonchev–Trinajstić information content (AvgIpc) is 2.85. The van der Waals surface area contributed by atoms with Gasteiger partial charge in [-0.3, -0.25) is 14.4 Å². The largest absolute Gasteiger partial charge is 0.444 e. The molecule has 2 aromatic carbocycles. The molecule has 0 saturated heterocycles. The Balaban J connectivity index is 1.82. The van der Waals surface area contributed by atoms with E-state index in [9.17, 15) is 19.2 Å². The SMILES string of the molecule is C#CCNC(=O)C(CCCCNC(=O)c1ccc(C(=O)c2ccccc2)cc1)NC(=O)OC(C)(C)C. The maximum atomic E-state index is 12.5. The van der Waals surface area contributed by atoms with Crippen molar-refractivity contribution in [3.63, 3.8) is 0 Å². The van der Waals surface area contributed by atoms with E-state index in [1.165, 1.54) is 0 Å². The number of benzene rings is 2. The lowest BCUT2D eigenvalue weighted by Gasteiger charge is -2.23. The molecule has 190 valence electrons. The van der Waals surface area contributed by atoms with Crippen LogP contribution in [0.2, 0.25) is 0 Å². The van der Waals surface area contributed by atoms with Crippen LogP contribution in [-0.4, -0.2) is 48.4 Å². The van der Waals surface area contributed by atoms with Crippen LogP contribution in [0.5, 0.6) is 0 Å². The van der Waals surface area contributed by atoms with Crippen LogP contribution >= 0.6 is 0 Å². The average molecular weight is 492 g/mol. The number of rotatable bonds is 11. The maximum absolute atomic E-state index is 12.5. The van der Waals surface area contributed by atoms with E-state index in [-0.39, 0.29) is 18.2 Å². The fourth-order valence-corrected chi connectivity index (χ4v) is 3.29. The van der Waals surface area contributed by atoms with Crippen LogP contribution in [0.4, 0.5) is 4.79 Å². The fraction of sp³-hybridized carbons (Fsp3) is 0.357. The number of hydrogen-bond acceptors (Lipinski definition) is 5. The van der Waals surface area contributed by atoms with Gasteiger partial charge >= 0.3 is 6.09 Å². The third-order valence-electron chi connectivity index (χ3n) is 5.02. The molecule has 0 aromatic heterocycles. The summed E-state index contributed by atoms with van der Waals surface area (Å²) in [5.74, 6) is 1.56. The molecule has 36 heavy (non-hydrogen) atoms. The number of alkyl carbamates (subject to hydrolysis) is 1. The van der Waals surface area contributed by atoms with Crippen molar-refractivity contribution in [2.75, 3.05) is 13.1 Å². The summed E-state index contributed by atoms with van der Waals surface area (Å²) in [5, 5.41) is 7.97. The van der Waals surface area contributed by atoms with E-state index in [1.54, 1.807) is 69.3 Å². The Morgan fingerprint density at radius 3 is 2.11 bits per heavy atom. The minimum Gasteiger partial charge on any atom is -0.444 e. The quantitative estimate of drug-likeness (QED) is 0.253. The number of nitrogens with one attached hydrogen (secondary N) is 3. The van der Waals surface area contributed by atoms with Crippen LogP contribution in [-0.2, 0) is 9.53 Å². The van der Waals surface area contributed by atoms with Crippen molar-refractivity contribution < 1.29 is 23.9 Å². The molecule has 8 nitrogen and oxygen atoms in total. The van der Waals surface area contributed by atoms with Crippen LogP contribution < -0.4 is 16.0 Å². The fourth-order valence-electron chi connectivity index (χ4n) is 3.29. The molecule has 2 aromatic rings. The zero-order valence-corrected chi connectivity index (χ0v) is 20.9. The minimum atomic E-state index is -0.807. The van der Waals surface area contributed by atoms with Crippen molar-refractivity contribution in [1.82, 2.24) is 16.0 Å². The van der Waals surface area contributed by atoms with Gasteiger partial charge in [-0.25, -0.2) is 4.79 Å². The topological polar surface area (TPSA) is 114 Å². The van der Waals surface area contributed by atoms with Crippen LogP contribution in [0.3, 0.4) is 0 Å². The van der Waals surface area contributed by atoms with E-state index in [4.69, 9.17) is 11.2 Å². The molecule has 0 aliphatic rings. The van der Waals surface area contributed by atoms with E-state index < -0.39 is 23.6 Å². The molecular formula is C28H33N3O5. The zero-order valence-electron chi connectivity index (χ0n) is 20.9. The molecule has 0 aliphatic carbocycles.